The largest absolute Gasteiger partial charge is 0.378 e. The van der Waals surface area contributed by atoms with Crippen molar-refractivity contribution in [2.24, 2.45) is 5.92 Å². The van der Waals surface area contributed by atoms with Crippen LogP contribution in [-0.2, 0) is 9.53 Å². The Labute approximate surface area is 159 Å². The van der Waals surface area contributed by atoms with Crippen LogP contribution < -0.4 is 0 Å². The first kappa shape index (κ1) is 17.9. The predicted molar refractivity (Wildman–Crippen MR) is 105 cm³/mol. The van der Waals surface area contributed by atoms with E-state index in [4.69, 9.17) is 16.3 Å². The SMILES string of the molecule is O=C(C[C@H](c1c[nH]c2ccc(Cl)cc12)C1CCCCC1)N1CCOCC1. The maximum absolute atomic E-state index is 13.0. The Hall–Kier alpha value is -1.52. The van der Waals surface area contributed by atoms with Crippen molar-refractivity contribution >= 4 is 28.4 Å². The molecule has 1 saturated heterocycles. The zero-order valence-corrected chi connectivity index (χ0v) is 15.9. The molecule has 4 nitrogen and oxygen atoms in total. The molecule has 1 aliphatic carbocycles. The minimum Gasteiger partial charge on any atom is -0.378 e. The smallest absolute Gasteiger partial charge is 0.223 e. The molecule has 0 radical (unpaired) electrons. The normalized spacial score (nSPS) is 20.4. The number of fused-ring (bicyclic) bond motifs is 1. The van der Waals surface area contributed by atoms with Gasteiger partial charge < -0.3 is 14.6 Å². The number of rotatable bonds is 4. The van der Waals surface area contributed by atoms with E-state index in [1.54, 1.807) is 0 Å². The molecule has 1 amide bonds. The molecular weight excluding hydrogens is 348 g/mol. The number of aromatic nitrogens is 1. The molecule has 26 heavy (non-hydrogen) atoms. The minimum absolute atomic E-state index is 0.262. The van der Waals surface area contributed by atoms with Gasteiger partial charge in [0.15, 0.2) is 0 Å². The van der Waals surface area contributed by atoms with Crippen LogP contribution in [-0.4, -0.2) is 42.1 Å². The van der Waals surface area contributed by atoms with Crippen molar-refractivity contribution < 1.29 is 9.53 Å². The molecule has 2 fully saturated rings. The summed E-state index contributed by atoms with van der Waals surface area (Å²) in [7, 11) is 0. The molecule has 2 heterocycles. The Morgan fingerprint density at radius 3 is 2.77 bits per heavy atom. The summed E-state index contributed by atoms with van der Waals surface area (Å²) in [6.45, 7) is 2.75. The van der Waals surface area contributed by atoms with Crippen molar-refractivity contribution in [3.63, 3.8) is 0 Å². The monoisotopic (exact) mass is 374 g/mol. The van der Waals surface area contributed by atoms with Gasteiger partial charge in [-0.25, -0.2) is 0 Å². The van der Waals surface area contributed by atoms with Gasteiger partial charge in [0.05, 0.1) is 13.2 Å². The van der Waals surface area contributed by atoms with Crippen molar-refractivity contribution in [3.8, 4) is 0 Å². The average molecular weight is 375 g/mol. The molecule has 0 spiro atoms. The lowest BCUT2D eigenvalue weighted by Gasteiger charge is -2.33. The van der Waals surface area contributed by atoms with Crippen LogP contribution in [0.25, 0.3) is 10.9 Å². The zero-order chi connectivity index (χ0) is 17.9. The van der Waals surface area contributed by atoms with Gasteiger partial charge in [-0.05, 0) is 48.4 Å². The minimum atomic E-state index is 0.262. The lowest BCUT2D eigenvalue weighted by atomic mass is 9.75. The second-order valence-electron chi connectivity index (χ2n) is 7.64. The number of ether oxygens (including phenoxy) is 1. The maximum Gasteiger partial charge on any atom is 0.223 e. The van der Waals surface area contributed by atoms with E-state index in [1.807, 2.05) is 23.1 Å². The van der Waals surface area contributed by atoms with Crippen LogP contribution in [0.4, 0.5) is 0 Å². The molecule has 1 aliphatic heterocycles. The van der Waals surface area contributed by atoms with Gasteiger partial charge in [-0.1, -0.05) is 30.9 Å². The molecule has 4 rings (SSSR count). The maximum atomic E-state index is 13.0. The van der Waals surface area contributed by atoms with E-state index >= 15 is 0 Å². The fourth-order valence-electron chi connectivity index (χ4n) is 4.62. The summed E-state index contributed by atoms with van der Waals surface area (Å²) < 4.78 is 5.40. The molecular formula is C21H27ClN2O2. The highest BCUT2D eigenvalue weighted by Crippen LogP contribution is 2.41. The molecule has 2 aliphatic rings. The summed E-state index contributed by atoms with van der Waals surface area (Å²) >= 11 is 6.26. The van der Waals surface area contributed by atoms with E-state index in [-0.39, 0.29) is 11.8 Å². The number of carbonyl (C=O) groups is 1. The van der Waals surface area contributed by atoms with Crippen molar-refractivity contribution in [1.82, 2.24) is 9.88 Å². The van der Waals surface area contributed by atoms with Gasteiger partial charge >= 0.3 is 0 Å². The highest BCUT2D eigenvalue weighted by Gasteiger charge is 2.31. The molecule has 0 bridgehead atoms. The van der Waals surface area contributed by atoms with Crippen molar-refractivity contribution in [3.05, 3.63) is 35.0 Å². The Morgan fingerprint density at radius 2 is 2.00 bits per heavy atom. The number of amides is 1. The summed E-state index contributed by atoms with van der Waals surface area (Å²) in [5, 5.41) is 1.92. The number of hydrogen-bond donors (Lipinski definition) is 1. The first-order valence-corrected chi connectivity index (χ1v) is 10.2. The molecule has 140 valence electrons. The number of H-pyrrole nitrogens is 1. The van der Waals surface area contributed by atoms with E-state index in [0.717, 1.165) is 23.6 Å². The van der Waals surface area contributed by atoms with Gasteiger partial charge in [-0.2, -0.15) is 0 Å². The number of benzene rings is 1. The molecule has 1 saturated carbocycles. The molecule has 1 N–H and O–H groups in total. The van der Waals surface area contributed by atoms with Gasteiger partial charge in [0.2, 0.25) is 5.91 Å². The zero-order valence-electron chi connectivity index (χ0n) is 15.2. The molecule has 1 aromatic carbocycles. The summed E-state index contributed by atoms with van der Waals surface area (Å²) in [6, 6.07) is 5.99. The van der Waals surface area contributed by atoms with E-state index in [9.17, 15) is 4.79 Å². The van der Waals surface area contributed by atoms with Gasteiger partial charge in [-0.15, -0.1) is 0 Å². The Bertz CT molecular complexity index is 760. The Morgan fingerprint density at radius 1 is 1.23 bits per heavy atom. The number of nitrogens with one attached hydrogen (secondary N) is 1. The second-order valence-corrected chi connectivity index (χ2v) is 8.07. The fourth-order valence-corrected chi connectivity index (χ4v) is 4.79. The quantitative estimate of drug-likeness (QED) is 0.840. The topological polar surface area (TPSA) is 45.3 Å². The third kappa shape index (κ3) is 3.77. The van der Waals surface area contributed by atoms with Crippen molar-refractivity contribution in [2.75, 3.05) is 26.3 Å². The summed E-state index contributed by atoms with van der Waals surface area (Å²) in [5.74, 6) is 1.10. The third-order valence-electron chi connectivity index (χ3n) is 6.05. The molecule has 5 heteroatoms. The van der Waals surface area contributed by atoms with Crippen LogP contribution in [0.1, 0.15) is 50.0 Å². The molecule has 1 aromatic heterocycles. The van der Waals surface area contributed by atoms with E-state index in [0.29, 0.717) is 25.6 Å². The van der Waals surface area contributed by atoms with Crippen LogP contribution in [0.2, 0.25) is 5.02 Å². The van der Waals surface area contributed by atoms with Crippen LogP contribution >= 0.6 is 11.6 Å². The third-order valence-corrected chi connectivity index (χ3v) is 6.29. The first-order chi connectivity index (χ1) is 12.7. The summed E-state index contributed by atoms with van der Waals surface area (Å²) in [4.78, 5) is 18.3. The van der Waals surface area contributed by atoms with Gasteiger partial charge in [0, 0.05) is 41.6 Å². The van der Waals surface area contributed by atoms with Gasteiger partial charge in [0.1, 0.15) is 0 Å². The van der Waals surface area contributed by atoms with E-state index in [2.05, 4.69) is 11.2 Å². The number of carbonyl (C=O) groups excluding carboxylic acids is 1. The second kappa shape index (κ2) is 8.01. The van der Waals surface area contributed by atoms with Crippen LogP contribution in [0.5, 0.6) is 0 Å². The van der Waals surface area contributed by atoms with Crippen LogP contribution in [0.15, 0.2) is 24.4 Å². The Kier molecular flexibility index (Phi) is 5.51. The summed E-state index contributed by atoms with van der Waals surface area (Å²) in [5.41, 5.74) is 2.36. The molecule has 0 unspecified atom stereocenters. The lowest BCUT2D eigenvalue weighted by molar-refractivity contribution is -0.136. The van der Waals surface area contributed by atoms with Crippen molar-refractivity contribution in [1.29, 1.82) is 0 Å². The van der Waals surface area contributed by atoms with Gasteiger partial charge in [-0.3, -0.25) is 4.79 Å². The van der Waals surface area contributed by atoms with Crippen LogP contribution in [0.3, 0.4) is 0 Å². The lowest BCUT2D eigenvalue weighted by Crippen LogP contribution is -2.41. The summed E-state index contributed by atoms with van der Waals surface area (Å²) in [6.07, 6.45) is 8.99. The first-order valence-electron chi connectivity index (χ1n) is 9.84. The predicted octanol–water partition coefficient (Wildman–Crippen LogP) is 4.73. The number of aromatic amines is 1. The van der Waals surface area contributed by atoms with Crippen LogP contribution in [0, 0.1) is 5.92 Å². The fraction of sp³-hybridized carbons (Fsp3) is 0.571. The average Bonchev–Trinajstić information content (AvgIpc) is 3.10. The Balaban J connectivity index is 1.63. The van der Waals surface area contributed by atoms with E-state index in [1.165, 1.54) is 43.1 Å². The molecule has 2 aromatic rings. The van der Waals surface area contributed by atoms with E-state index < -0.39 is 0 Å². The number of morpholine rings is 1. The molecule has 1 atom stereocenters. The highest BCUT2D eigenvalue weighted by molar-refractivity contribution is 6.31. The standard InChI is InChI=1S/C21H27ClN2O2/c22-16-6-7-20-18(12-16)19(14-23-20)17(15-4-2-1-3-5-15)13-21(25)24-8-10-26-11-9-24/h6-7,12,14-15,17,23H,1-5,8-11,13H2/t17-/m0/s1. The van der Waals surface area contributed by atoms with Crippen molar-refractivity contribution in [2.45, 2.75) is 44.4 Å². The number of hydrogen-bond acceptors (Lipinski definition) is 2. The highest BCUT2D eigenvalue weighted by atomic mass is 35.5. The number of halogens is 1. The number of nitrogens with zero attached hydrogens (tertiary/aromatic N) is 1. The van der Waals surface area contributed by atoms with Gasteiger partial charge in [0.25, 0.3) is 0 Å².